The minimum absolute atomic E-state index is 0.0385. The molecule has 1 aromatic carbocycles. The Labute approximate surface area is 144 Å². The molecule has 126 valence electrons. The summed E-state index contributed by atoms with van der Waals surface area (Å²) in [7, 11) is 0. The Morgan fingerprint density at radius 1 is 1.50 bits per heavy atom. The number of hydrogen-bond donors (Lipinski definition) is 1. The number of carbonyl (C=O) groups is 2. The van der Waals surface area contributed by atoms with Crippen LogP contribution in [0.1, 0.15) is 28.2 Å². The van der Waals surface area contributed by atoms with Crippen molar-refractivity contribution >= 4 is 23.4 Å². The summed E-state index contributed by atoms with van der Waals surface area (Å²) in [6.45, 7) is 2.81. The predicted molar refractivity (Wildman–Crippen MR) is 88.8 cm³/mol. The Bertz CT molecular complexity index is 759. The molecule has 0 saturated carbocycles. The molecule has 2 heterocycles. The van der Waals surface area contributed by atoms with Crippen LogP contribution in [0.2, 0.25) is 5.02 Å². The molecule has 0 radical (unpaired) electrons. The summed E-state index contributed by atoms with van der Waals surface area (Å²) in [6.07, 6.45) is 2.27. The van der Waals surface area contributed by atoms with Gasteiger partial charge in [0.05, 0.1) is 11.7 Å². The second-order valence-electron chi connectivity index (χ2n) is 5.86. The van der Waals surface area contributed by atoms with E-state index in [9.17, 15) is 9.59 Å². The van der Waals surface area contributed by atoms with Crippen molar-refractivity contribution in [1.29, 1.82) is 0 Å². The topological polar surface area (TPSA) is 75.4 Å². The molecule has 7 heteroatoms. The van der Waals surface area contributed by atoms with E-state index in [4.69, 9.17) is 16.0 Å². The third-order valence-electron chi connectivity index (χ3n) is 4.06. The highest BCUT2D eigenvalue weighted by atomic mass is 35.5. The van der Waals surface area contributed by atoms with Gasteiger partial charge in [-0.25, -0.2) is 4.98 Å². The van der Waals surface area contributed by atoms with Gasteiger partial charge in [0.1, 0.15) is 0 Å². The molecule has 1 saturated heterocycles. The first-order valence-corrected chi connectivity index (χ1v) is 8.14. The molecule has 2 amide bonds. The Morgan fingerprint density at radius 3 is 3.04 bits per heavy atom. The van der Waals surface area contributed by atoms with Gasteiger partial charge in [-0.3, -0.25) is 9.59 Å². The summed E-state index contributed by atoms with van der Waals surface area (Å²) in [5.74, 6) is -0.101. The number of halogens is 1. The Hall–Kier alpha value is -2.34. The summed E-state index contributed by atoms with van der Waals surface area (Å²) in [5, 5.41) is 3.52. The molecule has 24 heavy (non-hydrogen) atoms. The van der Waals surface area contributed by atoms with Crippen LogP contribution in [0.4, 0.5) is 0 Å². The van der Waals surface area contributed by atoms with Crippen LogP contribution in [0.5, 0.6) is 0 Å². The second-order valence-corrected chi connectivity index (χ2v) is 6.30. The van der Waals surface area contributed by atoms with Crippen LogP contribution in [-0.4, -0.2) is 40.8 Å². The van der Waals surface area contributed by atoms with Crippen LogP contribution in [0.15, 0.2) is 35.1 Å². The molecule has 2 aromatic rings. The summed E-state index contributed by atoms with van der Waals surface area (Å²) in [6, 6.07) is 7.38. The van der Waals surface area contributed by atoms with E-state index in [0.717, 1.165) is 12.0 Å². The van der Waals surface area contributed by atoms with Crippen molar-refractivity contribution in [1.82, 2.24) is 15.2 Å². The number of rotatable bonds is 5. The van der Waals surface area contributed by atoms with Crippen molar-refractivity contribution in [2.75, 3.05) is 13.1 Å². The highest BCUT2D eigenvalue weighted by Crippen LogP contribution is 2.16. The van der Waals surface area contributed by atoms with E-state index in [1.165, 1.54) is 6.39 Å². The second kappa shape index (κ2) is 7.05. The molecule has 1 aliphatic rings. The van der Waals surface area contributed by atoms with Crippen molar-refractivity contribution in [3.8, 4) is 0 Å². The highest BCUT2D eigenvalue weighted by molar-refractivity contribution is 6.30. The van der Waals surface area contributed by atoms with E-state index in [-0.39, 0.29) is 23.6 Å². The van der Waals surface area contributed by atoms with Crippen LogP contribution < -0.4 is 5.32 Å². The molecule has 0 bridgehead atoms. The number of hydrogen-bond acceptors (Lipinski definition) is 4. The molecule has 0 unspecified atom stereocenters. The standard InChI is InChI=1S/C17H18ClN3O3/c1-11-16(24-10-19-11)17(23)20-14-8-15(22)21(9-14)6-5-12-3-2-4-13(18)7-12/h2-4,7,10,14H,5-6,8-9H2,1H3,(H,20,23)/t14-/m0/s1. The van der Waals surface area contributed by atoms with Crippen LogP contribution in [0.3, 0.4) is 0 Å². The van der Waals surface area contributed by atoms with Gasteiger partial charge in [-0.2, -0.15) is 0 Å². The molecule has 0 aliphatic carbocycles. The smallest absolute Gasteiger partial charge is 0.289 e. The van der Waals surface area contributed by atoms with Crippen molar-refractivity contribution in [3.05, 3.63) is 52.7 Å². The Balaban J connectivity index is 1.54. The molecule has 1 N–H and O–H groups in total. The number of aryl methyl sites for hydroxylation is 1. The molecule has 1 aliphatic heterocycles. The fourth-order valence-electron chi connectivity index (χ4n) is 2.81. The molecule has 1 aromatic heterocycles. The van der Waals surface area contributed by atoms with Gasteiger partial charge in [0, 0.05) is 24.5 Å². The number of benzene rings is 1. The maximum atomic E-state index is 12.1. The number of likely N-dealkylation sites (tertiary alicyclic amines) is 1. The third kappa shape index (κ3) is 3.76. The molecule has 6 nitrogen and oxygen atoms in total. The van der Waals surface area contributed by atoms with Gasteiger partial charge in [0.25, 0.3) is 5.91 Å². The van der Waals surface area contributed by atoms with Gasteiger partial charge in [-0.15, -0.1) is 0 Å². The monoisotopic (exact) mass is 347 g/mol. The van der Waals surface area contributed by atoms with Crippen LogP contribution in [0.25, 0.3) is 0 Å². The van der Waals surface area contributed by atoms with E-state index in [0.29, 0.717) is 30.2 Å². The Kier molecular flexibility index (Phi) is 4.85. The van der Waals surface area contributed by atoms with Gasteiger partial charge in [0.2, 0.25) is 11.7 Å². The lowest BCUT2D eigenvalue weighted by atomic mass is 10.1. The predicted octanol–water partition coefficient (Wildman–Crippen LogP) is 2.21. The van der Waals surface area contributed by atoms with Gasteiger partial charge in [-0.05, 0) is 31.0 Å². The van der Waals surface area contributed by atoms with Crippen LogP contribution in [0, 0.1) is 6.92 Å². The van der Waals surface area contributed by atoms with E-state index < -0.39 is 0 Å². The number of amides is 2. The zero-order valence-electron chi connectivity index (χ0n) is 13.3. The van der Waals surface area contributed by atoms with Crippen molar-refractivity contribution in [3.63, 3.8) is 0 Å². The summed E-state index contributed by atoms with van der Waals surface area (Å²) in [4.78, 5) is 29.9. The quantitative estimate of drug-likeness (QED) is 0.899. The summed E-state index contributed by atoms with van der Waals surface area (Å²) < 4.78 is 5.07. The lowest BCUT2D eigenvalue weighted by molar-refractivity contribution is -0.127. The van der Waals surface area contributed by atoms with Crippen molar-refractivity contribution in [2.24, 2.45) is 0 Å². The number of nitrogens with zero attached hydrogens (tertiary/aromatic N) is 2. The minimum Gasteiger partial charge on any atom is -0.438 e. The number of nitrogens with one attached hydrogen (secondary N) is 1. The molecule has 1 atom stereocenters. The largest absolute Gasteiger partial charge is 0.438 e. The number of oxazole rings is 1. The van der Waals surface area contributed by atoms with Crippen molar-refractivity contribution < 1.29 is 14.0 Å². The zero-order chi connectivity index (χ0) is 17.1. The normalized spacial score (nSPS) is 17.3. The lowest BCUT2D eigenvalue weighted by Gasteiger charge is -2.17. The molecule has 1 fully saturated rings. The average Bonchev–Trinajstić information content (AvgIpc) is 3.11. The summed E-state index contributed by atoms with van der Waals surface area (Å²) >= 11 is 5.97. The number of carbonyl (C=O) groups excluding carboxylic acids is 2. The highest BCUT2D eigenvalue weighted by Gasteiger charge is 2.31. The molecule has 3 rings (SSSR count). The first-order valence-electron chi connectivity index (χ1n) is 7.76. The van der Waals surface area contributed by atoms with E-state index in [2.05, 4.69) is 10.3 Å². The molecular weight excluding hydrogens is 330 g/mol. The van der Waals surface area contributed by atoms with Crippen LogP contribution in [-0.2, 0) is 11.2 Å². The maximum Gasteiger partial charge on any atom is 0.289 e. The first kappa shape index (κ1) is 16.5. The van der Waals surface area contributed by atoms with Gasteiger partial charge in [-0.1, -0.05) is 23.7 Å². The van der Waals surface area contributed by atoms with E-state index in [1.807, 2.05) is 24.3 Å². The van der Waals surface area contributed by atoms with Crippen molar-refractivity contribution in [2.45, 2.75) is 25.8 Å². The minimum atomic E-state index is -0.334. The third-order valence-corrected chi connectivity index (χ3v) is 4.30. The van der Waals surface area contributed by atoms with Crippen LogP contribution >= 0.6 is 11.6 Å². The fraction of sp³-hybridized carbons (Fsp3) is 0.353. The maximum absolute atomic E-state index is 12.1. The summed E-state index contributed by atoms with van der Waals surface area (Å²) in [5.41, 5.74) is 1.62. The van der Waals surface area contributed by atoms with Gasteiger partial charge < -0.3 is 14.6 Å². The lowest BCUT2D eigenvalue weighted by Crippen LogP contribution is -2.37. The average molecular weight is 348 g/mol. The van der Waals surface area contributed by atoms with E-state index in [1.54, 1.807) is 11.8 Å². The fourth-order valence-corrected chi connectivity index (χ4v) is 3.03. The van der Waals surface area contributed by atoms with E-state index >= 15 is 0 Å². The molecule has 0 spiro atoms. The SMILES string of the molecule is Cc1ncoc1C(=O)N[C@H]1CC(=O)N(CCc2cccc(Cl)c2)C1. The molecular formula is C17H18ClN3O3. The number of aromatic nitrogens is 1. The van der Waals surface area contributed by atoms with Gasteiger partial charge in [0.15, 0.2) is 6.39 Å². The first-order chi connectivity index (χ1) is 11.5. The zero-order valence-corrected chi connectivity index (χ0v) is 14.0. The Morgan fingerprint density at radius 2 is 2.33 bits per heavy atom. The van der Waals surface area contributed by atoms with Gasteiger partial charge >= 0.3 is 0 Å².